The molecule has 5 nitrogen and oxygen atoms in total. The number of amides is 1. The average Bonchev–Trinajstić information content (AvgIpc) is 2.93. The van der Waals surface area contributed by atoms with Crippen molar-refractivity contribution in [2.75, 3.05) is 13.2 Å². The Morgan fingerprint density at radius 3 is 2.22 bits per heavy atom. The molecule has 1 heterocycles. The number of benzene rings is 1. The fraction of sp³-hybridized carbons (Fsp3) is 0.368. The average molecular weight is 382 g/mol. The van der Waals surface area contributed by atoms with E-state index in [1.807, 2.05) is 6.92 Å². The second-order valence-electron chi connectivity index (χ2n) is 6.08. The predicted molar refractivity (Wildman–Crippen MR) is 93.0 cm³/mol. The molecule has 0 radical (unpaired) electrons. The minimum atomic E-state index is -4.43. The normalized spacial score (nSPS) is 11.3. The monoisotopic (exact) mass is 382 g/mol. The van der Waals surface area contributed by atoms with Crippen molar-refractivity contribution in [3.05, 3.63) is 58.9 Å². The number of aryl methyl sites for hydroxylation is 1. The van der Waals surface area contributed by atoms with Crippen molar-refractivity contribution in [2.45, 2.75) is 26.6 Å². The summed E-state index contributed by atoms with van der Waals surface area (Å²) in [6.45, 7) is 3.35. The molecule has 0 aliphatic carbocycles. The largest absolute Gasteiger partial charge is 0.465 e. The first kappa shape index (κ1) is 20.5. The highest BCUT2D eigenvalue weighted by molar-refractivity contribution is 5.94. The first-order valence-electron chi connectivity index (χ1n) is 8.36. The first-order chi connectivity index (χ1) is 12.6. The number of alkyl halides is 3. The van der Waals surface area contributed by atoms with Crippen molar-refractivity contribution >= 4 is 11.9 Å². The Bertz CT molecular complexity index is 811. The molecule has 27 heavy (non-hydrogen) atoms. The van der Waals surface area contributed by atoms with Crippen LogP contribution in [0.3, 0.4) is 0 Å². The van der Waals surface area contributed by atoms with E-state index in [4.69, 9.17) is 4.74 Å². The summed E-state index contributed by atoms with van der Waals surface area (Å²) in [5.74, 6) is -0.984. The quantitative estimate of drug-likeness (QED) is 0.718. The van der Waals surface area contributed by atoms with Crippen LogP contribution in [-0.4, -0.2) is 34.5 Å². The van der Waals surface area contributed by atoms with Gasteiger partial charge >= 0.3 is 12.1 Å². The number of esters is 1. The summed E-state index contributed by atoms with van der Waals surface area (Å²) in [7, 11) is 1.73. The van der Waals surface area contributed by atoms with Crippen LogP contribution in [0, 0.1) is 6.92 Å². The summed E-state index contributed by atoms with van der Waals surface area (Å²) in [5.41, 5.74) is 0.951. The van der Waals surface area contributed by atoms with Crippen LogP contribution in [0.2, 0.25) is 0 Å². The summed E-state index contributed by atoms with van der Waals surface area (Å²) < 4.78 is 44.7. The highest BCUT2D eigenvalue weighted by Crippen LogP contribution is 2.29. The molecule has 2 aromatic rings. The van der Waals surface area contributed by atoms with Crippen molar-refractivity contribution in [2.24, 2.45) is 7.05 Å². The summed E-state index contributed by atoms with van der Waals surface area (Å²) >= 11 is 0. The zero-order valence-electron chi connectivity index (χ0n) is 15.3. The fourth-order valence-corrected chi connectivity index (χ4v) is 2.57. The Morgan fingerprint density at radius 1 is 1.11 bits per heavy atom. The Morgan fingerprint density at radius 2 is 1.74 bits per heavy atom. The standard InChI is InChI=1S/C19H21F3N2O3/c1-4-27-17(25)12-24(18(26)16-10-5-13(2)23(16)3)11-14-6-8-15(9-7-14)19(20,21)22/h5-10H,4,11-12H2,1-3H3. The van der Waals surface area contributed by atoms with Crippen LogP contribution in [0.15, 0.2) is 36.4 Å². The molecular weight excluding hydrogens is 361 g/mol. The lowest BCUT2D eigenvalue weighted by molar-refractivity contribution is -0.144. The molecule has 1 aromatic carbocycles. The van der Waals surface area contributed by atoms with E-state index in [1.165, 1.54) is 17.0 Å². The van der Waals surface area contributed by atoms with Crippen molar-refractivity contribution in [3.63, 3.8) is 0 Å². The van der Waals surface area contributed by atoms with Crippen LogP contribution in [-0.2, 0) is 29.3 Å². The van der Waals surface area contributed by atoms with Gasteiger partial charge in [0.1, 0.15) is 12.2 Å². The van der Waals surface area contributed by atoms with Gasteiger partial charge in [0.25, 0.3) is 5.91 Å². The molecule has 0 aliphatic rings. The van der Waals surface area contributed by atoms with Gasteiger partial charge in [-0.05, 0) is 43.7 Å². The molecule has 0 N–H and O–H groups in total. The molecule has 0 saturated heterocycles. The Kier molecular flexibility index (Phi) is 6.30. The van der Waals surface area contributed by atoms with E-state index < -0.39 is 23.6 Å². The first-order valence-corrected chi connectivity index (χ1v) is 8.36. The van der Waals surface area contributed by atoms with Gasteiger partial charge in [0, 0.05) is 19.3 Å². The van der Waals surface area contributed by atoms with Gasteiger partial charge in [0.05, 0.1) is 12.2 Å². The van der Waals surface area contributed by atoms with Crippen LogP contribution in [0.1, 0.15) is 34.2 Å². The van der Waals surface area contributed by atoms with Crippen LogP contribution in [0.4, 0.5) is 13.2 Å². The zero-order valence-corrected chi connectivity index (χ0v) is 15.3. The second kappa shape index (κ2) is 8.28. The Labute approximate surface area is 155 Å². The van der Waals surface area contributed by atoms with Crippen molar-refractivity contribution in [3.8, 4) is 0 Å². The number of carbonyl (C=O) groups is 2. The molecule has 0 saturated carbocycles. The van der Waals surface area contributed by atoms with Crippen molar-refractivity contribution in [1.29, 1.82) is 0 Å². The van der Waals surface area contributed by atoms with E-state index in [1.54, 1.807) is 30.7 Å². The van der Waals surface area contributed by atoms with Crippen LogP contribution < -0.4 is 0 Å². The number of hydrogen-bond acceptors (Lipinski definition) is 3. The van der Waals surface area contributed by atoms with Gasteiger partial charge in [-0.25, -0.2) is 0 Å². The molecule has 1 amide bonds. The lowest BCUT2D eigenvalue weighted by atomic mass is 10.1. The van der Waals surface area contributed by atoms with E-state index in [0.717, 1.165) is 17.8 Å². The SMILES string of the molecule is CCOC(=O)CN(Cc1ccc(C(F)(F)F)cc1)C(=O)c1ccc(C)n1C. The second-order valence-corrected chi connectivity index (χ2v) is 6.08. The fourth-order valence-electron chi connectivity index (χ4n) is 2.57. The minimum absolute atomic E-state index is 0.0139. The smallest absolute Gasteiger partial charge is 0.416 e. The van der Waals surface area contributed by atoms with E-state index in [0.29, 0.717) is 11.3 Å². The van der Waals surface area contributed by atoms with Gasteiger partial charge in [-0.3, -0.25) is 9.59 Å². The van der Waals surface area contributed by atoms with Gasteiger partial charge in [-0.15, -0.1) is 0 Å². The Balaban J connectivity index is 2.25. The third-order valence-corrected chi connectivity index (χ3v) is 4.16. The highest BCUT2D eigenvalue weighted by Gasteiger charge is 2.30. The number of halogens is 3. The molecule has 0 aliphatic heterocycles. The molecule has 0 bridgehead atoms. The molecular formula is C19H21F3N2O3. The maximum atomic E-state index is 12.9. The van der Waals surface area contributed by atoms with Crippen molar-refractivity contribution < 1.29 is 27.5 Å². The minimum Gasteiger partial charge on any atom is -0.465 e. The number of carbonyl (C=O) groups excluding carboxylic acids is 2. The topological polar surface area (TPSA) is 51.5 Å². The number of rotatable bonds is 6. The van der Waals surface area contributed by atoms with Gasteiger partial charge in [-0.2, -0.15) is 13.2 Å². The Hall–Kier alpha value is -2.77. The van der Waals surface area contributed by atoms with E-state index >= 15 is 0 Å². The number of hydrogen-bond donors (Lipinski definition) is 0. The highest BCUT2D eigenvalue weighted by atomic mass is 19.4. The number of aromatic nitrogens is 1. The predicted octanol–water partition coefficient (Wildman–Crippen LogP) is 3.56. The van der Waals surface area contributed by atoms with Crippen LogP contribution in [0.5, 0.6) is 0 Å². The van der Waals surface area contributed by atoms with Gasteiger partial charge in [0.15, 0.2) is 0 Å². The van der Waals surface area contributed by atoms with E-state index in [2.05, 4.69) is 0 Å². The van der Waals surface area contributed by atoms with Crippen LogP contribution in [0.25, 0.3) is 0 Å². The maximum Gasteiger partial charge on any atom is 0.416 e. The molecule has 0 fully saturated rings. The lowest BCUT2D eigenvalue weighted by Crippen LogP contribution is -2.37. The maximum absolute atomic E-state index is 12.9. The third-order valence-electron chi connectivity index (χ3n) is 4.16. The molecule has 1 aromatic heterocycles. The van der Waals surface area contributed by atoms with Gasteiger partial charge < -0.3 is 14.2 Å². The van der Waals surface area contributed by atoms with E-state index in [-0.39, 0.29) is 19.7 Å². The summed E-state index contributed by atoms with van der Waals surface area (Å²) in [5, 5.41) is 0. The molecule has 146 valence electrons. The van der Waals surface area contributed by atoms with Gasteiger partial charge in [-0.1, -0.05) is 12.1 Å². The number of ether oxygens (including phenoxy) is 1. The van der Waals surface area contributed by atoms with Crippen molar-refractivity contribution in [1.82, 2.24) is 9.47 Å². The summed E-state index contributed by atoms with van der Waals surface area (Å²) in [6.07, 6.45) is -4.43. The lowest BCUT2D eigenvalue weighted by Gasteiger charge is -2.22. The van der Waals surface area contributed by atoms with E-state index in [9.17, 15) is 22.8 Å². The summed E-state index contributed by atoms with van der Waals surface area (Å²) in [6, 6.07) is 7.91. The van der Waals surface area contributed by atoms with Crippen LogP contribution >= 0.6 is 0 Å². The molecule has 0 unspecified atom stereocenters. The third kappa shape index (κ3) is 5.12. The molecule has 0 spiro atoms. The molecule has 2 rings (SSSR count). The molecule has 8 heteroatoms. The molecule has 0 atom stereocenters. The summed E-state index contributed by atoms with van der Waals surface area (Å²) in [4.78, 5) is 26.0. The van der Waals surface area contributed by atoms with Gasteiger partial charge in [0.2, 0.25) is 0 Å². The zero-order chi connectivity index (χ0) is 20.2. The number of nitrogens with zero attached hydrogens (tertiary/aromatic N) is 2.